The second kappa shape index (κ2) is 5.65. The van der Waals surface area contributed by atoms with Crippen molar-refractivity contribution in [3.63, 3.8) is 0 Å². The normalized spacial score (nSPS) is 11.9. The lowest BCUT2D eigenvalue weighted by atomic mass is 10.9. The van der Waals surface area contributed by atoms with Crippen LogP contribution in [0, 0.1) is 0 Å². The summed E-state index contributed by atoms with van der Waals surface area (Å²) < 4.78 is 19.7. The first kappa shape index (κ1) is 11.0. The number of hydrogen-bond donors (Lipinski definition) is 1. The summed E-state index contributed by atoms with van der Waals surface area (Å²) in [5, 5.41) is 8.41. The Labute approximate surface area is 64.4 Å². The van der Waals surface area contributed by atoms with E-state index in [9.17, 15) is 4.57 Å². The van der Waals surface area contributed by atoms with E-state index < -0.39 is 7.60 Å². The minimum Gasteiger partial charge on any atom is -0.396 e. The molecule has 0 atom stereocenters. The minimum atomic E-state index is -3.41. The Morgan fingerprint density at radius 2 is 1.73 bits per heavy atom. The van der Waals surface area contributed by atoms with Gasteiger partial charge < -0.3 is 5.11 Å². The Kier molecular flexibility index (Phi) is 5.67. The zero-order valence-corrected chi connectivity index (χ0v) is 7.24. The van der Waals surface area contributed by atoms with Crippen LogP contribution in [0.3, 0.4) is 0 Å². The Hall–Kier alpha value is 0.0300. The summed E-state index contributed by atoms with van der Waals surface area (Å²) in [6, 6.07) is 0. The molecule has 0 rings (SSSR count). The zero-order valence-electron chi connectivity index (χ0n) is 6.35. The first-order chi connectivity index (χ1) is 5.18. The average molecular weight is 186 g/mol. The number of aliphatic hydroxyl groups is 1. The standard InChI is InChI=1S/C4H11O6P/c1-7-9-11(6,4-3-5)10-8-2/h5H,3-4H2,1-2H3. The molecule has 7 heteroatoms. The van der Waals surface area contributed by atoms with Crippen LogP contribution in [0.4, 0.5) is 0 Å². The number of aliphatic hydroxyl groups excluding tert-OH is 1. The van der Waals surface area contributed by atoms with Crippen LogP contribution in [0.15, 0.2) is 0 Å². The molecule has 0 aromatic heterocycles. The zero-order chi connectivity index (χ0) is 8.74. The molecule has 0 saturated carbocycles. The molecule has 0 aliphatic heterocycles. The smallest absolute Gasteiger partial charge is 0.386 e. The van der Waals surface area contributed by atoms with Gasteiger partial charge in [-0.25, -0.2) is 9.78 Å². The Bertz CT molecular complexity index is 113. The summed E-state index contributed by atoms with van der Waals surface area (Å²) in [4.78, 5) is 8.27. The molecule has 0 spiro atoms. The lowest BCUT2D eigenvalue weighted by Gasteiger charge is -2.11. The van der Waals surface area contributed by atoms with Crippen LogP contribution >= 0.6 is 7.60 Å². The summed E-state index contributed by atoms with van der Waals surface area (Å²) in [6.07, 6.45) is -0.172. The van der Waals surface area contributed by atoms with Crippen molar-refractivity contribution in [2.75, 3.05) is 27.0 Å². The van der Waals surface area contributed by atoms with Gasteiger partial charge in [-0.1, -0.05) is 0 Å². The van der Waals surface area contributed by atoms with Gasteiger partial charge in [0.05, 0.1) is 27.0 Å². The average Bonchev–Trinajstić information content (AvgIpc) is 1.88. The third-order valence-electron chi connectivity index (χ3n) is 0.750. The lowest BCUT2D eigenvalue weighted by Crippen LogP contribution is -2.02. The highest BCUT2D eigenvalue weighted by atomic mass is 31.2. The first-order valence-electron chi connectivity index (χ1n) is 2.83. The van der Waals surface area contributed by atoms with Crippen molar-refractivity contribution in [2.45, 2.75) is 0 Å². The van der Waals surface area contributed by atoms with Gasteiger partial charge in [-0.05, 0) is 0 Å². The maximum Gasteiger partial charge on any atom is 0.386 e. The molecule has 0 heterocycles. The summed E-state index contributed by atoms with van der Waals surface area (Å²) in [7, 11) is -1.05. The second-order valence-corrected chi connectivity index (χ2v) is 3.51. The van der Waals surface area contributed by atoms with Gasteiger partial charge in [-0.3, -0.25) is 4.57 Å². The lowest BCUT2D eigenvalue weighted by molar-refractivity contribution is -0.242. The molecule has 0 aliphatic rings. The van der Waals surface area contributed by atoms with Gasteiger partial charge in [-0.2, -0.15) is 0 Å². The molecule has 0 fully saturated rings. The van der Waals surface area contributed by atoms with Gasteiger partial charge in [0.2, 0.25) is 0 Å². The van der Waals surface area contributed by atoms with Gasteiger partial charge in [0.15, 0.2) is 0 Å². The van der Waals surface area contributed by atoms with Crippen LogP contribution in [0.5, 0.6) is 0 Å². The quantitative estimate of drug-likeness (QED) is 0.366. The highest BCUT2D eigenvalue weighted by molar-refractivity contribution is 7.53. The van der Waals surface area contributed by atoms with Crippen molar-refractivity contribution in [1.82, 2.24) is 0 Å². The van der Waals surface area contributed by atoms with E-state index in [4.69, 9.17) is 5.11 Å². The molecule has 0 bridgehead atoms. The monoisotopic (exact) mass is 186 g/mol. The van der Waals surface area contributed by atoms with Crippen molar-refractivity contribution in [3.8, 4) is 0 Å². The van der Waals surface area contributed by atoms with E-state index in [1.54, 1.807) is 0 Å². The van der Waals surface area contributed by atoms with Crippen LogP contribution < -0.4 is 0 Å². The molecule has 1 N–H and O–H groups in total. The van der Waals surface area contributed by atoms with Gasteiger partial charge in [0.25, 0.3) is 0 Å². The maximum absolute atomic E-state index is 11.2. The minimum absolute atomic E-state index is 0.172. The van der Waals surface area contributed by atoms with E-state index in [0.29, 0.717) is 0 Å². The van der Waals surface area contributed by atoms with Crippen LogP contribution in [0.2, 0.25) is 0 Å². The maximum atomic E-state index is 11.2. The molecule has 0 amide bonds. The Balaban J connectivity index is 3.91. The molecule has 0 radical (unpaired) electrons. The van der Waals surface area contributed by atoms with E-state index in [1.807, 2.05) is 0 Å². The SMILES string of the molecule is COOP(=O)(CCO)OOC. The fourth-order valence-electron chi connectivity index (χ4n) is 0.437. The third-order valence-corrected chi connectivity index (χ3v) is 2.25. The van der Waals surface area contributed by atoms with E-state index in [-0.39, 0.29) is 12.8 Å². The van der Waals surface area contributed by atoms with Gasteiger partial charge in [0, 0.05) is 0 Å². The predicted molar refractivity (Wildman–Crippen MR) is 35.7 cm³/mol. The molecule has 6 nitrogen and oxygen atoms in total. The van der Waals surface area contributed by atoms with Crippen molar-refractivity contribution < 1.29 is 28.8 Å². The van der Waals surface area contributed by atoms with Gasteiger partial charge in [0.1, 0.15) is 0 Å². The molecule has 0 unspecified atom stereocenters. The Morgan fingerprint density at radius 3 is 2.00 bits per heavy atom. The van der Waals surface area contributed by atoms with E-state index in [1.165, 1.54) is 14.2 Å². The fourth-order valence-corrected chi connectivity index (χ4v) is 1.31. The molecular formula is C4H11O6P. The van der Waals surface area contributed by atoms with Crippen LogP contribution in [-0.2, 0) is 23.7 Å². The van der Waals surface area contributed by atoms with Gasteiger partial charge in [-0.15, -0.1) is 9.35 Å². The summed E-state index contributed by atoms with van der Waals surface area (Å²) in [6.45, 7) is -0.329. The van der Waals surface area contributed by atoms with Crippen molar-refractivity contribution in [1.29, 1.82) is 0 Å². The van der Waals surface area contributed by atoms with Crippen LogP contribution in [0.25, 0.3) is 0 Å². The Morgan fingerprint density at radius 1 is 1.27 bits per heavy atom. The predicted octanol–water partition coefficient (Wildman–Crippen LogP) is 0.328. The molecule has 0 aromatic rings. The molecule has 0 aliphatic carbocycles. The molecule has 11 heavy (non-hydrogen) atoms. The van der Waals surface area contributed by atoms with Crippen molar-refractivity contribution >= 4 is 7.60 Å². The molecule has 0 aromatic carbocycles. The summed E-state index contributed by atoms with van der Waals surface area (Å²) in [5.74, 6) is 0. The third kappa shape index (κ3) is 4.47. The number of hydrogen-bond acceptors (Lipinski definition) is 6. The second-order valence-electron chi connectivity index (χ2n) is 1.54. The van der Waals surface area contributed by atoms with Crippen molar-refractivity contribution in [3.05, 3.63) is 0 Å². The van der Waals surface area contributed by atoms with Gasteiger partial charge >= 0.3 is 7.60 Å². The molecule has 68 valence electrons. The highest BCUT2D eigenvalue weighted by Crippen LogP contribution is 2.47. The molecular weight excluding hydrogens is 175 g/mol. The van der Waals surface area contributed by atoms with Crippen LogP contribution in [0.1, 0.15) is 0 Å². The van der Waals surface area contributed by atoms with E-state index in [2.05, 4.69) is 19.1 Å². The largest absolute Gasteiger partial charge is 0.396 e. The van der Waals surface area contributed by atoms with E-state index >= 15 is 0 Å². The fraction of sp³-hybridized carbons (Fsp3) is 1.00. The molecule has 0 saturated heterocycles. The van der Waals surface area contributed by atoms with Crippen LogP contribution in [-0.4, -0.2) is 32.1 Å². The first-order valence-corrected chi connectivity index (χ1v) is 4.56. The topological polar surface area (TPSA) is 74.2 Å². The van der Waals surface area contributed by atoms with E-state index in [0.717, 1.165) is 0 Å². The van der Waals surface area contributed by atoms with Crippen molar-refractivity contribution in [2.24, 2.45) is 0 Å². The summed E-state index contributed by atoms with van der Waals surface area (Å²) >= 11 is 0. The number of rotatable bonds is 6. The highest BCUT2D eigenvalue weighted by Gasteiger charge is 2.26. The summed E-state index contributed by atoms with van der Waals surface area (Å²) in [5.41, 5.74) is 0.